The molecule has 0 radical (unpaired) electrons. The smallest absolute Gasteiger partial charge is 0.323 e. The van der Waals surface area contributed by atoms with E-state index in [2.05, 4.69) is 23.6 Å². The first-order valence-corrected chi connectivity index (χ1v) is 12.2. The van der Waals surface area contributed by atoms with Gasteiger partial charge in [-0.3, -0.25) is 0 Å². The minimum atomic E-state index is -0.324. The maximum atomic E-state index is 12.6. The monoisotopic (exact) mass is 491 g/mol. The van der Waals surface area contributed by atoms with E-state index in [-0.39, 0.29) is 11.9 Å². The van der Waals surface area contributed by atoms with Gasteiger partial charge in [0.2, 0.25) is 0 Å². The van der Waals surface area contributed by atoms with Crippen molar-refractivity contribution in [2.75, 3.05) is 17.7 Å². The average Bonchev–Trinajstić information content (AvgIpc) is 3.21. The number of nitrogens with two attached hydrogens (primary N) is 1. The Balaban J connectivity index is 1.23. The number of nitrogens with one attached hydrogen (secondary N) is 2. The predicted octanol–water partition coefficient (Wildman–Crippen LogP) is 7.47. The molecule has 1 atom stereocenters. The van der Waals surface area contributed by atoms with E-state index in [1.54, 1.807) is 19.2 Å². The normalized spacial score (nSPS) is 14.2. The van der Waals surface area contributed by atoms with E-state index in [1.807, 2.05) is 78.9 Å². The fourth-order valence-electron chi connectivity index (χ4n) is 4.73. The number of urea groups is 1. The van der Waals surface area contributed by atoms with E-state index in [4.69, 9.17) is 15.2 Å². The van der Waals surface area contributed by atoms with Crippen molar-refractivity contribution in [3.63, 3.8) is 0 Å². The van der Waals surface area contributed by atoms with Crippen molar-refractivity contribution in [1.29, 1.82) is 0 Å². The Morgan fingerprint density at radius 3 is 2.03 bits per heavy atom. The van der Waals surface area contributed by atoms with Crippen LogP contribution in [0, 0.1) is 0 Å². The number of hydrogen-bond donors (Lipinski definition) is 3. The van der Waals surface area contributed by atoms with Crippen molar-refractivity contribution in [1.82, 2.24) is 0 Å². The van der Waals surface area contributed by atoms with E-state index in [0.29, 0.717) is 17.1 Å². The highest BCUT2D eigenvalue weighted by molar-refractivity contribution is 6.01. The summed E-state index contributed by atoms with van der Waals surface area (Å²) >= 11 is 0. The maximum Gasteiger partial charge on any atom is 0.323 e. The average molecular weight is 492 g/mol. The molecule has 0 spiro atoms. The molecule has 0 saturated carbocycles. The lowest BCUT2D eigenvalue weighted by molar-refractivity contribution is 0.262. The fraction of sp³-hybridized carbons (Fsp3) is 0.129. The summed E-state index contributed by atoms with van der Waals surface area (Å²) in [5, 5.41) is 5.74. The molecule has 0 aromatic heterocycles. The Labute approximate surface area is 216 Å². The molecule has 1 aliphatic rings. The summed E-state index contributed by atoms with van der Waals surface area (Å²) in [6, 6.07) is 30.3. The number of methoxy groups -OCH3 is 1. The minimum Gasteiger partial charge on any atom is -0.497 e. The number of amides is 2. The number of carbonyl (C=O) groups excluding carboxylic acids is 1. The Kier molecular flexibility index (Phi) is 6.81. The molecule has 5 rings (SSSR count). The topological polar surface area (TPSA) is 85.6 Å². The second-order valence-corrected chi connectivity index (χ2v) is 8.84. The molecule has 1 aliphatic carbocycles. The summed E-state index contributed by atoms with van der Waals surface area (Å²) < 4.78 is 11.2. The Hall–Kier alpha value is -4.71. The lowest BCUT2D eigenvalue weighted by atomic mass is 9.89. The number of para-hydroxylation sites is 1. The summed E-state index contributed by atoms with van der Waals surface area (Å²) in [5.74, 6) is 2.48. The first-order chi connectivity index (χ1) is 18.1. The Morgan fingerprint density at radius 2 is 1.41 bits per heavy atom. The third kappa shape index (κ3) is 5.14. The number of rotatable bonds is 7. The number of anilines is 2. The third-order valence-electron chi connectivity index (χ3n) is 6.52. The second-order valence-electron chi connectivity index (χ2n) is 8.84. The van der Waals surface area contributed by atoms with Crippen LogP contribution in [0.2, 0.25) is 0 Å². The molecule has 4 aromatic carbocycles. The van der Waals surface area contributed by atoms with Crippen molar-refractivity contribution in [2.24, 2.45) is 5.73 Å². The minimum absolute atomic E-state index is 0.195. The van der Waals surface area contributed by atoms with E-state index < -0.39 is 0 Å². The van der Waals surface area contributed by atoms with E-state index in [9.17, 15) is 4.79 Å². The van der Waals surface area contributed by atoms with Crippen LogP contribution in [0.4, 0.5) is 16.2 Å². The van der Waals surface area contributed by atoms with Crippen LogP contribution >= 0.6 is 0 Å². The zero-order chi connectivity index (χ0) is 25.8. The van der Waals surface area contributed by atoms with Crippen LogP contribution in [0.5, 0.6) is 17.2 Å². The van der Waals surface area contributed by atoms with E-state index in [0.717, 1.165) is 40.3 Å². The highest BCUT2D eigenvalue weighted by atomic mass is 16.5. The first-order valence-electron chi connectivity index (χ1n) is 12.2. The molecule has 4 aromatic rings. The number of ether oxygens (including phenoxy) is 2. The van der Waals surface area contributed by atoms with Crippen molar-refractivity contribution in [3.05, 3.63) is 114 Å². The van der Waals surface area contributed by atoms with Gasteiger partial charge in [-0.25, -0.2) is 4.79 Å². The number of benzene rings is 4. The van der Waals surface area contributed by atoms with Gasteiger partial charge in [-0.15, -0.1) is 0 Å². The van der Waals surface area contributed by atoms with Gasteiger partial charge in [0.1, 0.15) is 17.2 Å². The van der Waals surface area contributed by atoms with Crippen LogP contribution in [0.15, 0.2) is 97.1 Å². The van der Waals surface area contributed by atoms with E-state index in [1.165, 1.54) is 5.56 Å². The van der Waals surface area contributed by atoms with Crippen LogP contribution in [-0.2, 0) is 0 Å². The van der Waals surface area contributed by atoms with Gasteiger partial charge in [-0.1, -0.05) is 37.3 Å². The molecule has 0 fully saturated rings. The molecule has 6 heteroatoms. The van der Waals surface area contributed by atoms with Crippen molar-refractivity contribution in [3.8, 4) is 17.2 Å². The predicted molar refractivity (Wildman–Crippen MR) is 149 cm³/mol. The number of fused-ring (bicyclic) bond motifs is 1. The summed E-state index contributed by atoms with van der Waals surface area (Å²) in [7, 11) is 1.67. The fourth-order valence-corrected chi connectivity index (χ4v) is 4.73. The quantitative estimate of drug-likeness (QED) is 0.250. The molecular weight excluding hydrogens is 462 g/mol. The van der Waals surface area contributed by atoms with Crippen LogP contribution < -0.4 is 25.8 Å². The van der Waals surface area contributed by atoms with Crippen molar-refractivity contribution in [2.45, 2.75) is 19.3 Å². The van der Waals surface area contributed by atoms with Crippen LogP contribution in [0.25, 0.3) is 11.3 Å². The molecule has 1 unspecified atom stereocenters. The van der Waals surface area contributed by atoms with Gasteiger partial charge in [0.15, 0.2) is 0 Å². The Morgan fingerprint density at radius 1 is 0.811 bits per heavy atom. The Bertz CT molecular complexity index is 1430. The number of carbonyl (C=O) groups is 1. The van der Waals surface area contributed by atoms with Gasteiger partial charge in [0, 0.05) is 28.6 Å². The van der Waals surface area contributed by atoms with Gasteiger partial charge in [0.25, 0.3) is 0 Å². The number of hydrogen-bond acceptors (Lipinski definition) is 4. The summed E-state index contributed by atoms with van der Waals surface area (Å²) in [6.45, 7) is 2.16. The second kappa shape index (κ2) is 10.5. The number of allylic oxidation sites excluding steroid dienone is 1. The lowest BCUT2D eigenvalue weighted by Crippen LogP contribution is -2.19. The SMILES string of the molecule is CCC1C(c2ccc(NC(=O)Nc3ccc(Oc4ccccc4)cc3)cc2)=C(N)c2ccc(OC)cc21. The van der Waals surface area contributed by atoms with Crippen LogP contribution in [0.1, 0.15) is 36.0 Å². The summed E-state index contributed by atoms with van der Waals surface area (Å²) in [5.41, 5.74) is 13.1. The summed E-state index contributed by atoms with van der Waals surface area (Å²) in [6.07, 6.45) is 0.924. The molecule has 0 bridgehead atoms. The zero-order valence-corrected chi connectivity index (χ0v) is 20.8. The first kappa shape index (κ1) is 24.0. The highest BCUT2D eigenvalue weighted by Gasteiger charge is 2.30. The highest BCUT2D eigenvalue weighted by Crippen LogP contribution is 2.47. The van der Waals surface area contributed by atoms with Gasteiger partial charge in [-0.2, -0.15) is 0 Å². The molecule has 6 nitrogen and oxygen atoms in total. The van der Waals surface area contributed by atoms with Gasteiger partial charge >= 0.3 is 6.03 Å². The van der Waals surface area contributed by atoms with Gasteiger partial charge in [-0.05, 0) is 89.9 Å². The largest absolute Gasteiger partial charge is 0.497 e. The van der Waals surface area contributed by atoms with E-state index >= 15 is 0 Å². The zero-order valence-electron chi connectivity index (χ0n) is 20.8. The molecular formula is C31H29N3O3. The molecule has 0 saturated heterocycles. The lowest BCUT2D eigenvalue weighted by Gasteiger charge is -2.16. The molecule has 4 N–H and O–H groups in total. The van der Waals surface area contributed by atoms with Crippen molar-refractivity contribution >= 4 is 28.7 Å². The summed E-state index contributed by atoms with van der Waals surface area (Å²) in [4.78, 5) is 12.6. The van der Waals surface area contributed by atoms with Crippen LogP contribution in [0.3, 0.4) is 0 Å². The standard InChI is InChI=1S/C31H29N3O3/c1-3-26-28-19-25(36-2)17-18-27(28)30(32)29(26)20-9-11-21(12-10-20)33-31(35)34-22-13-15-24(16-14-22)37-23-7-5-4-6-8-23/h4-19,26H,3,32H2,1-2H3,(H2,33,34,35). The molecule has 0 heterocycles. The van der Waals surface area contributed by atoms with Crippen LogP contribution in [-0.4, -0.2) is 13.1 Å². The maximum absolute atomic E-state index is 12.6. The molecule has 37 heavy (non-hydrogen) atoms. The molecule has 186 valence electrons. The van der Waals surface area contributed by atoms with Gasteiger partial charge < -0.3 is 25.8 Å². The molecule has 0 aliphatic heterocycles. The van der Waals surface area contributed by atoms with Crippen molar-refractivity contribution < 1.29 is 14.3 Å². The van der Waals surface area contributed by atoms with Gasteiger partial charge in [0.05, 0.1) is 7.11 Å². The third-order valence-corrected chi connectivity index (χ3v) is 6.52. The molecule has 2 amide bonds.